The standard InChI is InChI=1S/C12H24N2S/c1-9(2)8-13-12(15)14-11-6-4-5-10(3)7-11/h9-11H,4-8H2,1-3H3,(H2,13,14,15). The molecule has 1 saturated carbocycles. The number of hydrogen-bond donors (Lipinski definition) is 2. The molecule has 1 aliphatic rings. The van der Waals surface area contributed by atoms with Gasteiger partial charge in [-0.25, -0.2) is 0 Å². The van der Waals surface area contributed by atoms with Crippen molar-refractivity contribution in [3.8, 4) is 0 Å². The Morgan fingerprint density at radius 3 is 2.73 bits per heavy atom. The first-order chi connectivity index (χ1) is 7.08. The maximum atomic E-state index is 5.27. The second-order valence-electron chi connectivity index (χ2n) is 5.22. The predicted octanol–water partition coefficient (Wildman–Crippen LogP) is 2.69. The maximum absolute atomic E-state index is 5.27. The van der Waals surface area contributed by atoms with Gasteiger partial charge in [0.25, 0.3) is 0 Å². The summed E-state index contributed by atoms with van der Waals surface area (Å²) in [6, 6.07) is 0.598. The molecular formula is C12H24N2S. The van der Waals surface area contributed by atoms with Crippen molar-refractivity contribution < 1.29 is 0 Å². The van der Waals surface area contributed by atoms with Gasteiger partial charge in [-0.3, -0.25) is 0 Å². The van der Waals surface area contributed by atoms with E-state index in [1.54, 1.807) is 0 Å². The van der Waals surface area contributed by atoms with Gasteiger partial charge in [-0.1, -0.05) is 33.6 Å². The van der Waals surface area contributed by atoms with Crippen LogP contribution in [0.3, 0.4) is 0 Å². The lowest BCUT2D eigenvalue weighted by molar-refractivity contribution is 0.325. The molecule has 1 rings (SSSR count). The van der Waals surface area contributed by atoms with Crippen LogP contribution in [0.25, 0.3) is 0 Å². The summed E-state index contributed by atoms with van der Waals surface area (Å²) in [5.74, 6) is 1.50. The molecule has 0 spiro atoms. The molecule has 2 N–H and O–H groups in total. The number of thiocarbonyl (C=S) groups is 1. The first-order valence-electron chi connectivity index (χ1n) is 6.12. The van der Waals surface area contributed by atoms with Gasteiger partial charge < -0.3 is 10.6 Å². The van der Waals surface area contributed by atoms with E-state index in [1.165, 1.54) is 25.7 Å². The van der Waals surface area contributed by atoms with Crippen LogP contribution in [0.4, 0.5) is 0 Å². The van der Waals surface area contributed by atoms with Crippen LogP contribution in [0.2, 0.25) is 0 Å². The van der Waals surface area contributed by atoms with Crippen LogP contribution < -0.4 is 10.6 Å². The van der Waals surface area contributed by atoms with Gasteiger partial charge in [0.15, 0.2) is 5.11 Å². The summed E-state index contributed by atoms with van der Waals surface area (Å²) in [5, 5.41) is 7.53. The van der Waals surface area contributed by atoms with Crippen molar-refractivity contribution in [1.82, 2.24) is 10.6 Å². The zero-order chi connectivity index (χ0) is 11.3. The monoisotopic (exact) mass is 228 g/mol. The molecule has 0 aromatic rings. The van der Waals surface area contributed by atoms with E-state index in [1.807, 2.05) is 0 Å². The Morgan fingerprint density at radius 2 is 2.13 bits per heavy atom. The Labute approximate surface area is 99.2 Å². The van der Waals surface area contributed by atoms with Gasteiger partial charge >= 0.3 is 0 Å². The van der Waals surface area contributed by atoms with E-state index in [-0.39, 0.29) is 0 Å². The fourth-order valence-corrected chi connectivity index (χ4v) is 2.35. The predicted molar refractivity (Wildman–Crippen MR) is 70.0 cm³/mol. The molecule has 1 fully saturated rings. The molecule has 2 unspecified atom stereocenters. The number of nitrogens with one attached hydrogen (secondary N) is 2. The lowest BCUT2D eigenvalue weighted by atomic mass is 9.87. The number of rotatable bonds is 3. The molecule has 0 aliphatic heterocycles. The third-order valence-electron chi connectivity index (χ3n) is 2.94. The van der Waals surface area contributed by atoms with Crippen molar-refractivity contribution in [2.24, 2.45) is 11.8 Å². The maximum Gasteiger partial charge on any atom is 0.166 e. The Morgan fingerprint density at radius 1 is 1.40 bits per heavy atom. The minimum Gasteiger partial charge on any atom is -0.362 e. The van der Waals surface area contributed by atoms with E-state index in [0.717, 1.165) is 17.6 Å². The van der Waals surface area contributed by atoms with Crippen molar-refractivity contribution >= 4 is 17.3 Å². The molecule has 15 heavy (non-hydrogen) atoms. The van der Waals surface area contributed by atoms with Crippen molar-refractivity contribution in [2.45, 2.75) is 52.5 Å². The third-order valence-corrected chi connectivity index (χ3v) is 3.20. The van der Waals surface area contributed by atoms with E-state index in [9.17, 15) is 0 Å². The third kappa shape index (κ3) is 5.36. The molecule has 2 atom stereocenters. The average Bonchev–Trinajstić information content (AvgIpc) is 2.15. The molecule has 0 amide bonds. The first kappa shape index (κ1) is 12.8. The Balaban J connectivity index is 2.19. The second kappa shape index (κ2) is 6.31. The second-order valence-corrected chi connectivity index (χ2v) is 5.63. The molecule has 0 bridgehead atoms. The van der Waals surface area contributed by atoms with Crippen molar-refractivity contribution in [3.05, 3.63) is 0 Å². The Bertz CT molecular complexity index is 204. The summed E-state index contributed by atoms with van der Waals surface area (Å²) in [4.78, 5) is 0. The molecule has 0 aromatic carbocycles. The molecule has 1 aliphatic carbocycles. The van der Waals surface area contributed by atoms with Gasteiger partial charge in [0.1, 0.15) is 0 Å². The SMILES string of the molecule is CC(C)CNC(=S)NC1CCCC(C)C1. The van der Waals surface area contributed by atoms with Crippen LogP contribution in [0, 0.1) is 11.8 Å². The zero-order valence-corrected chi connectivity index (χ0v) is 11.0. The van der Waals surface area contributed by atoms with Gasteiger partial charge in [-0.05, 0) is 36.9 Å². The van der Waals surface area contributed by atoms with E-state index < -0.39 is 0 Å². The summed E-state index contributed by atoms with van der Waals surface area (Å²) in [5.41, 5.74) is 0. The Kier molecular flexibility index (Phi) is 5.37. The van der Waals surface area contributed by atoms with Gasteiger partial charge in [0.05, 0.1) is 0 Å². The molecule has 0 heterocycles. The van der Waals surface area contributed by atoms with Crippen LogP contribution in [0.5, 0.6) is 0 Å². The normalized spacial score (nSPS) is 26.4. The van der Waals surface area contributed by atoms with E-state index in [2.05, 4.69) is 31.4 Å². The highest BCUT2D eigenvalue weighted by atomic mass is 32.1. The van der Waals surface area contributed by atoms with Crippen LogP contribution in [0.1, 0.15) is 46.5 Å². The largest absolute Gasteiger partial charge is 0.362 e. The van der Waals surface area contributed by atoms with Crippen LogP contribution in [0.15, 0.2) is 0 Å². The molecule has 0 saturated heterocycles. The highest BCUT2D eigenvalue weighted by molar-refractivity contribution is 7.80. The Hall–Kier alpha value is -0.310. The molecule has 3 heteroatoms. The molecule has 2 nitrogen and oxygen atoms in total. The molecule has 0 aromatic heterocycles. The van der Waals surface area contributed by atoms with Gasteiger partial charge in [-0.2, -0.15) is 0 Å². The first-order valence-corrected chi connectivity index (χ1v) is 6.53. The summed E-state index contributed by atoms with van der Waals surface area (Å²) in [6.07, 6.45) is 5.26. The summed E-state index contributed by atoms with van der Waals surface area (Å²) < 4.78 is 0. The topological polar surface area (TPSA) is 24.1 Å². The highest BCUT2D eigenvalue weighted by Crippen LogP contribution is 2.23. The zero-order valence-electron chi connectivity index (χ0n) is 10.2. The summed E-state index contributed by atoms with van der Waals surface area (Å²) in [6.45, 7) is 7.68. The molecule has 0 radical (unpaired) electrons. The average molecular weight is 228 g/mol. The quantitative estimate of drug-likeness (QED) is 0.726. The number of hydrogen-bond acceptors (Lipinski definition) is 1. The van der Waals surface area contributed by atoms with Crippen LogP contribution in [-0.4, -0.2) is 17.7 Å². The smallest absolute Gasteiger partial charge is 0.166 e. The highest BCUT2D eigenvalue weighted by Gasteiger charge is 2.18. The van der Waals surface area contributed by atoms with Crippen molar-refractivity contribution in [1.29, 1.82) is 0 Å². The molecular weight excluding hydrogens is 204 g/mol. The lowest BCUT2D eigenvalue weighted by Crippen LogP contribution is -2.44. The molecule has 88 valence electrons. The van der Waals surface area contributed by atoms with Gasteiger partial charge in [0, 0.05) is 12.6 Å². The van der Waals surface area contributed by atoms with Crippen molar-refractivity contribution in [3.63, 3.8) is 0 Å². The summed E-state index contributed by atoms with van der Waals surface area (Å²) in [7, 11) is 0. The van der Waals surface area contributed by atoms with Crippen molar-refractivity contribution in [2.75, 3.05) is 6.54 Å². The lowest BCUT2D eigenvalue weighted by Gasteiger charge is -2.28. The van der Waals surface area contributed by atoms with E-state index in [0.29, 0.717) is 12.0 Å². The summed E-state index contributed by atoms with van der Waals surface area (Å²) >= 11 is 5.27. The van der Waals surface area contributed by atoms with E-state index >= 15 is 0 Å². The van der Waals surface area contributed by atoms with Gasteiger partial charge in [-0.15, -0.1) is 0 Å². The fraction of sp³-hybridized carbons (Fsp3) is 0.917. The minimum atomic E-state index is 0.598. The van der Waals surface area contributed by atoms with E-state index in [4.69, 9.17) is 12.2 Å². The van der Waals surface area contributed by atoms with Crippen LogP contribution >= 0.6 is 12.2 Å². The minimum absolute atomic E-state index is 0.598. The van der Waals surface area contributed by atoms with Crippen LogP contribution in [-0.2, 0) is 0 Å². The van der Waals surface area contributed by atoms with Gasteiger partial charge in [0.2, 0.25) is 0 Å². The fourth-order valence-electron chi connectivity index (χ4n) is 2.10.